The van der Waals surface area contributed by atoms with Crippen LogP contribution in [0.3, 0.4) is 0 Å². The first kappa shape index (κ1) is 15.4. The maximum Gasteiger partial charge on any atom is 0.227 e. The molecule has 1 saturated carbocycles. The van der Waals surface area contributed by atoms with Gasteiger partial charge in [-0.15, -0.1) is 0 Å². The molecule has 1 fully saturated rings. The van der Waals surface area contributed by atoms with Gasteiger partial charge >= 0.3 is 0 Å². The third kappa shape index (κ3) is 3.21. The predicted molar refractivity (Wildman–Crippen MR) is 93.9 cm³/mol. The van der Waals surface area contributed by atoms with Crippen LogP contribution in [0.2, 0.25) is 0 Å². The molecule has 2 N–H and O–H groups in total. The van der Waals surface area contributed by atoms with Crippen molar-refractivity contribution < 1.29 is 9.15 Å². The minimum Gasteiger partial charge on any atom is -0.436 e. The molecule has 0 aliphatic heterocycles. The molecule has 0 bridgehead atoms. The van der Waals surface area contributed by atoms with Crippen LogP contribution in [0.1, 0.15) is 31.2 Å². The molecule has 4 nitrogen and oxygen atoms in total. The molecule has 1 atom stereocenters. The summed E-state index contributed by atoms with van der Waals surface area (Å²) in [6.45, 7) is 0.515. The van der Waals surface area contributed by atoms with Gasteiger partial charge in [0.05, 0.1) is 6.61 Å². The SMILES string of the molecule is NC1(OCc2ccc(-c3nc4ccccc4o3)cc2)[CH]CCCC1. The highest BCUT2D eigenvalue weighted by Gasteiger charge is 2.28. The van der Waals surface area contributed by atoms with E-state index in [1.165, 1.54) is 6.42 Å². The molecular formula is C20H21N2O2. The Hall–Kier alpha value is -2.17. The van der Waals surface area contributed by atoms with Gasteiger partial charge in [-0.25, -0.2) is 4.98 Å². The zero-order valence-electron chi connectivity index (χ0n) is 13.6. The highest BCUT2D eigenvalue weighted by molar-refractivity contribution is 5.75. The first-order chi connectivity index (χ1) is 11.7. The molecule has 4 heteroatoms. The minimum absolute atomic E-state index is 0.515. The van der Waals surface area contributed by atoms with E-state index < -0.39 is 5.72 Å². The highest BCUT2D eigenvalue weighted by atomic mass is 16.5. The van der Waals surface area contributed by atoms with Crippen molar-refractivity contribution in [3.63, 3.8) is 0 Å². The molecular weight excluding hydrogens is 300 g/mol. The molecule has 1 unspecified atom stereocenters. The predicted octanol–water partition coefficient (Wildman–Crippen LogP) is 4.44. The van der Waals surface area contributed by atoms with Crippen LogP contribution in [0.15, 0.2) is 52.9 Å². The Balaban J connectivity index is 1.46. The zero-order valence-corrected chi connectivity index (χ0v) is 13.6. The van der Waals surface area contributed by atoms with Crippen LogP contribution in [0.25, 0.3) is 22.6 Å². The van der Waals surface area contributed by atoms with Gasteiger partial charge in [-0.05, 0) is 49.1 Å². The molecule has 1 aromatic heterocycles. The van der Waals surface area contributed by atoms with Gasteiger partial charge in [0.1, 0.15) is 11.2 Å². The van der Waals surface area contributed by atoms with E-state index in [0.717, 1.165) is 41.5 Å². The number of fused-ring (bicyclic) bond motifs is 1. The average Bonchev–Trinajstić information content (AvgIpc) is 3.05. The van der Waals surface area contributed by atoms with Crippen LogP contribution in [-0.2, 0) is 11.3 Å². The Morgan fingerprint density at radius 2 is 1.92 bits per heavy atom. The standard InChI is InChI=1S/C20H21N2O2/c21-20(12-4-1-5-13-20)23-14-15-8-10-16(11-9-15)19-22-17-6-2-3-7-18(17)24-19/h2-3,6-12H,1,4-5,13-14,21H2. The van der Waals surface area contributed by atoms with Crippen molar-refractivity contribution in [2.24, 2.45) is 5.73 Å². The normalized spacial score (nSPS) is 17.2. The number of oxazole rings is 1. The highest BCUT2D eigenvalue weighted by Crippen LogP contribution is 2.28. The van der Waals surface area contributed by atoms with Crippen molar-refractivity contribution in [3.8, 4) is 11.5 Å². The van der Waals surface area contributed by atoms with Crippen molar-refractivity contribution in [2.45, 2.75) is 38.0 Å². The molecule has 0 saturated heterocycles. The number of nitrogens with zero attached hydrogens (tertiary/aromatic N) is 1. The van der Waals surface area contributed by atoms with E-state index in [9.17, 15) is 0 Å². The fraction of sp³-hybridized carbons (Fsp3) is 0.300. The smallest absolute Gasteiger partial charge is 0.227 e. The zero-order chi connectivity index (χ0) is 16.4. The first-order valence-corrected chi connectivity index (χ1v) is 8.44. The summed E-state index contributed by atoms with van der Waals surface area (Å²) in [5.41, 5.74) is 9.43. The minimum atomic E-state index is -0.572. The van der Waals surface area contributed by atoms with Crippen LogP contribution in [-0.4, -0.2) is 10.7 Å². The van der Waals surface area contributed by atoms with Crippen LogP contribution in [0, 0.1) is 6.42 Å². The van der Waals surface area contributed by atoms with E-state index in [-0.39, 0.29) is 0 Å². The van der Waals surface area contributed by atoms with Gasteiger partial charge in [0, 0.05) is 12.0 Å². The lowest BCUT2D eigenvalue weighted by atomic mass is 9.92. The summed E-state index contributed by atoms with van der Waals surface area (Å²) in [6, 6.07) is 15.9. The van der Waals surface area contributed by atoms with Crippen molar-refractivity contribution in [3.05, 3.63) is 60.5 Å². The number of benzene rings is 2. The van der Waals surface area contributed by atoms with Crippen LogP contribution in [0.4, 0.5) is 0 Å². The lowest BCUT2D eigenvalue weighted by molar-refractivity contribution is -0.0445. The second kappa shape index (κ2) is 6.38. The summed E-state index contributed by atoms with van der Waals surface area (Å²) >= 11 is 0. The van der Waals surface area contributed by atoms with Crippen LogP contribution in [0.5, 0.6) is 0 Å². The topological polar surface area (TPSA) is 61.3 Å². The number of hydrogen-bond acceptors (Lipinski definition) is 4. The molecule has 0 spiro atoms. The van der Waals surface area contributed by atoms with E-state index in [4.69, 9.17) is 14.9 Å². The average molecular weight is 321 g/mol. The Morgan fingerprint density at radius 1 is 1.08 bits per heavy atom. The van der Waals surface area contributed by atoms with E-state index in [1.54, 1.807) is 0 Å². The third-order valence-corrected chi connectivity index (χ3v) is 4.51. The van der Waals surface area contributed by atoms with Gasteiger partial charge in [0.15, 0.2) is 5.58 Å². The summed E-state index contributed by atoms with van der Waals surface area (Å²) in [5.74, 6) is 0.638. The fourth-order valence-corrected chi connectivity index (χ4v) is 3.08. The molecule has 2 aromatic carbocycles. The van der Waals surface area contributed by atoms with Crippen molar-refractivity contribution in [1.29, 1.82) is 0 Å². The molecule has 123 valence electrons. The molecule has 0 amide bonds. The second-order valence-electron chi connectivity index (χ2n) is 6.38. The van der Waals surface area contributed by atoms with E-state index >= 15 is 0 Å². The Kier molecular flexibility index (Phi) is 4.08. The van der Waals surface area contributed by atoms with Gasteiger partial charge in [-0.3, -0.25) is 0 Å². The van der Waals surface area contributed by atoms with Gasteiger partial charge < -0.3 is 14.9 Å². The number of nitrogens with two attached hydrogens (primary N) is 1. The summed E-state index contributed by atoms with van der Waals surface area (Å²) < 4.78 is 11.7. The number of aromatic nitrogens is 1. The second-order valence-corrected chi connectivity index (χ2v) is 6.38. The van der Waals surface area contributed by atoms with E-state index in [1.807, 2.05) is 48.5 Å². The van der Waals surface area contributed by atoms with Crippen LogP contribution < -0.4 is 5.73 Å². The van der Waals surface area contributed by atoms with Gasteiger partial charge in [-0.2, -0.15) is 0 Å². The number of rotatable bonds is 4. The molecule has 1 aliphatic rings. The molecule has 1 heterocycles. The van der Waals surface area contributed by atoms with E-state index in [0.29, 0.717) is 12.5 Å². The molecule has 1 radical (unpaired) electrons. The monoisotopic (exact) mass is 321 g/mol. The quantitative estimate of drug-likeness (QED) is 0.721. The molecule has 3 aromatic rings. The molecule has 24 heavy (non-hydrogen) atoms. The van der Waals surface area contributed by atoms with Gasteiger partial charge in [0.2, 0.25) is 5.89 Å². The summed E-state index contributed by atoms with van der Waals surface area (Å²) in [5, 5.41) is 0. The summed E-state index contributed by atoms with van der Waals surface area (Å²) in [6.07, 6.45) is 6.37. The largest absolute Gasteiger partial charge is 0.436 e. The number of ether oxygens (including phenoxy) is 1. The molecule has 1 aliphatic carbocycles. The van der Waals surface area contributed by atoms with Crippen LogP contribution >= 0.6 is 0 Å². The van der Waals surface area contributed by atoms with Crippen molar-refractivity contribution >= 4 is 11.1 Å². The van der Waals surface area contributed by atoms with Crippen molar-refractivity contribution in [1.82, 2.24) is 4.98 Å². The lowest BCUT2D eigenvalue weighted by Gasteiger charge is -2.33. The summed E-state index contributed by atoms with van der Waals surface area (Å²) in [7, 11) is 0. The lowest BCUT2D eigenvalue weighted by Crippen LogP contribution is -2.44. The first-order valence-electron chi connectivity index (χ1n) is 8.44. The third-order valence-electron chi connectivity index (χ3n) is 4.51. The number of para-hydroxylation sites is 2. The van der Waals surface area contributed by atoms with Crippen molar-refractivity contribution in [2.75, 3.05) is 0 Å². The summed E-state index contributed by atoms with van der Waals surface area (Å²) in [4.78, 5) is 4.52. The fourth-order valence-electron chi connectivity index (χ4n) is 3.08. The maximum absolute atomic E-state index is 6.27. The van der Waals surface area contributed by atoms with Gasteiger partial charge in [0.25, 0.3) is 0 Å². The molecule has 4 rings (SSSR count). The Morgan fingerprint density at radius 3 is 2.67 bits per heavy atom. The Bertz CT molecular complexity index is 784. The Labute approximate surface area is 141 Å². The maximum atomic E-state index is 6.27. The van der Waals surface area contributed by atoms with E-state index in [2.05, 4.69) is 11.4 Å². The number of hydrogen-bond donors (Lipinski definition) is 1. The van der Waals surface area contributed by atoms with Gasteiger partial charge in [-0.1, -0.05) is 30.7 Å².